The Kier molecular flexibility index (Phi) is 3.81. The fourth-order valence-electron chi connectivity index (χ4n) is 1.74. The number of alkyl halides is 3. The average molecular weight is 252 g/mol. The van der Waals surface area contributed by atoms with E-state index in [1.807, 2.05) is 0 Å². The first-order valence-electron chi connectivity index (χ1n) is 5.32. The zero-order valence-corrected chi connectivity index (χ0v) is 9.62. The lowest BCUT2D eigenvalue weighted by Gasteiger charge is -2.23. The molecule has 0 aromatic carbocycles. The number of nitrogens with zero attached hydrogens (tertiary/aromatic N) is 1. The molecule has 1 aliphatic rings. The van der Waals surface area contributed by atoms with Crippen molar-refractivity contribution >= 4 is 11.8 Å². The SMILES string of the molecule is CC1C(=O)N(CC(CN)C(F)(F)F)C(=O)C1C. The lowest BCUT2D eigenvalue weighted by Crippen LogP contribution is -2.43. The molecule has 0 radical (unpaired) electrons. The van der Waals surface area contributed by atoms with Gasteiger partial charge in [-0.05, 0) is 0 Å². The van der Waals surface area contributed by atoms with Gasteiger partial charge in [0.25, 0.3) is 0 Å². The van der Waals surface area contributed by atoms with Crippen LogP contribution in [0.3, 0.4) is 0 Å². The van der Waals surface area contributed by atoms with Gasteiger partial charge in [-0.15, -0.1) is 0 Å². The molecule has 0 aromatic rings. The van der Waals surface area contributed by atoms with Crippen molar-refractivity contribution in [3.8, 4) is 0 Å². The maximum absolute atomic E-state index is 12.5. The van der Waals surface area contributed by atoms with E-state index < -0.39 is 48.8 Å². The summed E-state index contributed by atoms with van der Waals surface area (Å²) in [5.41, 5.74) is 5.03. The van der Waals surface area contributed by atoms with Crippen molar-refractivity contribution in [2.24, 2.45) is 23.5 Å². The van der Waals surface area contributed by atoms with E-state index in [1.54, 1.807) is 0 Å². The van der Waals surface area contributed by atoms with Crippen molar-refractivity contribution in [3.63, 3.8) is 0 Å². The molecule has 0 bridgehead atoms. The molecule has 1 aliphatic heterocycles. The Balaban J connectivity index is 2.81. The van der Waals surface area contributed by atoms with Crippen LogP contribution in [-0.2, 0) is 9.59 Å². The molecule has 2 N–H and O–H groups in total. The van der Waals surface area contributed by atoms with Gasteiger partial charge in [0, 0.05) is 24.9 Å². The Morgan fingerprint density at radius 3 is 1.94 bits per heavy atom. The highest BCUT2D eigenvalue weighted by atomic mass is 19.4. The summed E-state index contributed by atoms with van der Waals surface area (Å²) in [6.07, 6.45) is -4.50. The Hall–Kier alpha value is -1.11. The first-order chi connectivity index (χ1) is 7.70. The summed E-state index contributed by atoms with van der Waals surface area (Å²) in [6, 6.07) is 0. The van der Waals surface area contributed by atoms with Crippen molar-refractivity contribution in [1.29, 1.82) is 0 Å². The molecule has 0 spiro atoms. The Morgan fingerprint density at radius 1 is 1.24 bits per heavy atom. The van der Waals surface area contributed by atoms with E-state index in [2.05, 4.69) is 0 Å². The van der Waals surface area contributed by atoms with Crippen LogP contribution in [0.25, 0.3) is 0 Å². The summed E-state index contributed by atoms with van der Waals surface area (Å²) in [7, 11) is 0. The Morgan fingerprint density at radius 2 is 1.65 bits per heavy atom. The molecule has 4 nitrogen and oxygen atoms in total. The Labute approximate surface area is 96.9 Å². The molecule has 0 saturated carbocycles. The van der Waals surface area contributed by atoms with Crippen LogP contribution in [0.5, 0.6) is 0 Å². The third-order valence-electron chi connectivity index (χ3n) is 3.21. The molecule has 1 heterocycles. The standard InChI is InChI=1S/C10H15F3N2O2/c1-5-6(2)9(17)15(8(5)16)4-7(3-14)10(11,12)13/h5-7H,3-4,14H2,1-2H3. The van der Waals surface area contributed by atoms with Crippen LogP contribution in [0.15, 0.2) is 0 Å². The highest BCUT2D eigenvalue weighted by Gasteiger charge is 2.47. The molecule has 1 rings (SSSR count). The first-order valence-corrected chi connectivity index (χ1v) is 5.32. The van der Waals surface area contributed by atoms with Crippen molar-refractivity contribution in [2.75, 3.05) is 13.1 Å². The number of rotatable bonds is 3. The fourth-order valence-corrected chi connectivity index (χ4v) is 1.74. The normalized spacial score (nSPS) is 27.8. The molecule has 0 aliphatic carbocycles. The van der Waals surface area contributed by atoms with Gasteiger partial charge >= 0.3 is 6.18 Å². The number of imide groups is 1. The molecule has 1 fully saturated rings. The molecular weight excluding hydrogens is 237 g/mol. The average Bonchev–Trinajstić information content (AvgIpc) is 2.40. The Bertz CT molecular complexity index is 310. The van der Waals surface area contributed by atoms with E-state index in [9.17, 15) is 22.8 Å². The van der Waals surface area contributed by atoms with Crippen molar-refractivity contribution in [3.05, 3.63) is 0 Å². The first kappa shape index (κ1) is 14.0. The van der Waals surface area contributed by atoms with Gasteiger partial charge in [-0.2, -0.15) is 13.2 Å². The predicted molar refractivity (Wildman–Crippen MR) is 53.6 cm³/mol. The van der Waals surface area contributed by atoms with Gasteiger partial charge in [-0.3, -0.25) is 14.5 Å². The van der Waals surface area contributed by atoms with Crippen molar-refractivity contribution in [1.82, 2.24) is 4.90 Å². The molecule has 7 heteroatoms. The predicted octanol–water partition coefficient (Wildman–Crippen LogP) is 0.765. The summed E-state index contributed by atoms with van der Waals surface area (Å²) in [5.74, 6) is -4.08. The van der Waals surface area contributed by atoms with E-state index in [4.69, 9.17) is 5.73 Å². The van der Waals surface area contributed by atoms with Gasteiger partial charge in [0.05, 0.1) is 5.92 Å². The maximum atomic E-state index is 12.5. The maximum Gasteiger partial charge on any atom is 0.394 e. The van der Waals surface area contributed by atoms with E-state index in [0.29, 0.717) is 4.90 Å². The van der Waals surface area contributed by atoms with Gasteiger partial charge in [0.2, 0.25) is 11.8 Å². The number of carbonyl (C=O) groups excluding carboxylic acids is 2. The van der Waals surface area contributed by atoms with Crippen LogP contribution in [-0.4, -0.2) is 36.0 Å². The van der Waals surface area contributed by atoms with Gasteiger partial charge in [-0.25, -0.2) is 0 Å². The third kappa shape index (κ3) is 2.59. The minimum atomic E-state index is -4.50. The van der Waals surface area contributed by atoms with E-state index >= 15 is 0 Å². The summed E-state index contributed by atoms with van der Waals surface area (Å²) in [5, 5.41) is 0. The summed E-state index contributed by atoms with van der Waals surface area (Å²) < 4.78 is 37.5. The van der Waals surface area contributed by atoms with Crippen LogP contribution in [0.4, 0.5) is 13.2 Å². The van der Waals surface area contributed by atoms with Crippen LogP contribution in [0, 0.1) is 17.8 Å². The second-order valence-corrected chi connectivity index (χ2v) is 4.34. The van der Waals surface area contributed by atoms with Crippen LogP contribution in [0.1, 0.15) is 13.8 Å². The van der Waals surface area contributed by atoms with Gasteiger partial charge in [0.15, 0.2) is 0 Å². The van der Waals surface area contributed by atoms with Crippen molar-refractivity contribution < 1.29 is 22.8 Å². The van der Waals surface area contributed by atoms with E-state index in [0.717, 1.165) is 0 Å². The largest absolute Gasteiger partial charge is 0.394 e. The lowest BCUT2D eigenvalue weighted by atomic mass is 10.00. The zero-order chi connectivity index (χ0) is 13.4. The van der Waals surface area contributed by atoms with Crippen LogP contribution in [0.2, 0.25) is 0 Å². The number of amides is 2. The fraction of sp³-hybridized carbons (Fsp3) is 0.800. The lowest BCUT2D eigenvalue weighted by molar-refractivity contribution is -0.178. The topological polar surface area (TPSA) is 63.4 Å². The smallest absolute Gasteiger partial charge is 0.330 e. The van der Waals surface area contributed by atoms with Crippen LogP contribution < -0.4 is 5.73 Å². The summed E-state index contributed by atoms with van der Waals surface area (Å²) in [6.45, 7) is 1.77. The van der Waals surface area contributed by atoms with Crippen molar-refractivity contribution in [2.45, 2.75) is 20.0 Å². The quantitative estimate of drug-likeness (QED) is 0.754. The summed E-state index contributed by atoms with van der Waals surface area (Å²) in [4.78, 5) is 23.9. The number of halogens is 3. The molecule has 17 heavy (non-hydrogen) atoms. The monoisotopic (exact) mass is 252 g/mol. The van der Waals surface area contributed by atoms with Gasteiger partial charge in [-0.1, -0.05) is 13.8 Å². The molecule has 3 atom stereocenters. The number of carbonyl (C=O) groups is 2. The third-order valence-corrected chi connectivity index (χ3v) is 3.21. The van der Waals surface area contributed by atoms with E-state index in [1.165, 1.54) is 13.8 Å². The minimum Gasteiger partial charge on any atom is -0.330 e. The number of hydrogen-bond donors (Lipinski definition) is 1. The molecule has 98 valence electrons. The van der Waals surface area contributed by atoms with E-state index in [-0.39, 0.29) is 0 Å². The number of nitrogens with two attached hydrogens (primary N) is 1. The second kappa shape index (κ2) is 4.64. The molecule has 2 amide bonds. The highest BCUT2D eigenvalue weighted by molar-refractivity contribution is 6.04. The zero-order valence-electron chi connectivity index (χ0n) is 9.62. The summed E-state index contributed by atoms with van der Waals surface area (Å²) >= 11 is 0. The van der Waals surface area contributed by atoms with Gasteiger partial charge in [0.1, 0.15) is 0 Å². The minimum absolute atomic E-state index is 0.551. The molecule has 1 saturated heterocycles. The van der Waals surface area contributed by atoms with Gasteiger partial charge < -0.3 is 5.73 Å². The molecule has 0 aromatic heterocycles. The second-order valence-electron chi connectivity index (χ2n) is 4.34. The highest BCUT2D eigenvalue weighted by Crippen LogP contribution is 2.31. The van der Waals surface area contributed by atoms with Crippen LogP contribution >= 0.6 is 0 Å². The number of likely N-dealkylation sites (tertiary alicyclic amines) is 1. The number of hydrogen-bond acceptors (Lipinski definition) is 3. The molecule has 3 unspecified atom stereocenters. The molecular formula is C10H15F3N2O2.